The molecule has 1 heterocycles. The largest absolute Gasteiger partial charge is 0.323 e. The molecule has 0 aliphatic heterocycles. The van der Waals surface area contributed by atoms with Crippen LogP contribution >= 0.6 is 11.8 Å². The Labute approximate surface area is 113 Å². The number of aromatic nitrogens is 1. The smallest absolute Gasteiger partial charge is 0.0569 e. The van der Waals surface area contributed by atoms with Gasteiger partial charge in [0, 0.05) is 22.9 Å². The summed E-state index contributed by atoms with van der Waals surface area (Å²) in [7, 11) is 0. The molecule has 1 aromatic carbocycles. The molecular formula is C15H18N2S. The summed E-state index contributed by atoms with van der Waals surface area (Å²) in [5, 5.41) is 0. The highest BCUT2D eigenvalue weighted by Crippen LogP contribution is 2.23. The van der Waals surface area contributed by atoms with E-state index in [-0.39, 0.29) is 6.04 Å². The quantitative estimate of drug-likeness (QED) is 0.850. The molecule has 1 atom stereocenters. The minimum absolute atomic E-state index is 0.000762. The van der Waals surface area contributed by atoms with Gasteiger partial charge in [0.1, 0.15) is 0 Å². The van der Waals surface area contributed by atoms with Crippen molar-refractivity contribution in [3.8, 4) is 0 Å². The third-order valence-corrected chi connectivity index (χ3v) is 3.77. The Balaban J connectivity index is 1.98. The van der Waals surface area contributed by atoms with Gasteiger partial charge in [-0.25, -0.2) is 0 Å². The fourth-order valence-electron chi connectivity index (χ4n) is 1.72. The lowest BCUT2D eigenvalue weighted by Crippen LogP contribution is -2.06. The lowest BCUT2D eigenvalue weighted by Gasteiger charge is -2.06. The highest BCUT2D eigenvalue weighted by Gasteiger charge is 2.01. The van der Waals surface area contributed by atoms with E-state index in [1.165, 1.54) is 16.0 Å². The molecule has 2 rings (SSSR count). The molecule has 0 saturated carbocycles. The maximum atomic E-state index is 5.78. The number of aryl methyl sites for hydroxylation is 1. The Kier molecular flexibility index (Phi) is 4.39. The molecule has 0 radical (unpaired) electrons. The van der Waals surface area contributed by atoms with E-state index in [1.54, 1.807) is 11.8 Å². The Bertz CT molecular complexity index is 506. The SMILES string of the molecule is Cc1cccc(CSc2ccc(C(C)N)nc2)c1. The second-order valence-electron chi connectivity index (χ2n) is 4.49. The van der Waals surface area contributed by atoms with Crippen molar-refractivity contribution in [2.75, 3.05) is 0 Å². The molecule has 0 aliphatic rings. The van der Waals surface area contributed by atoms with Crippen molar-refractivity contribution in [3.05, 3.63) is 59.4 Å². The predicted molar refractivity (Wildman–Crippen MR) is 77.6 cm³/mol. The number of hydrogen-bond donors (Lipinski definition) is 1. The van der Waals surface area contributed by atoms with Gasteiger partial charge >= 0.3 is 0 Å². The van der Waals surface area contributed by atoms with Crippen LogP contribution in [0.1, 0.15) is 29.8 Å². The summed E-state index contributed by atoms with van der Waals surface area (Å²) in [4.78, 5) is 5.54. The van der Waals surface area contributed by atoms with Gasteiger partial charge in [0.2, 0.25) is 0 Å². The average Bonchev–Trinajstić information content (AvgIpc) is 2.37. The summed E-state index contributed by atoms with van der Waals surface area (Å²) in [6, 6.07) is 12.7. The zero-order chi connectivity index (χ0) is 13.0. The molecule has 1 aromatic heterocycles. The lowest BCUT2D eigenvalue weighted by molar-refractivity contribution is 0.777. The van der Waals surface area contributed by atoms with Crippen LogP contribution in [0, 0.1) is 6.92 Å². The third kappa shape index (κ3) is 3.59. The third-order valence-electron chi connectivity index (χ3n) is 2.71. The van der Waals surface area contributed by atoms with E-state index in [0.717, 1.165) is 11.4 Å². The van der Waals surface area contributed by atoms with Crippen LogP contribution in [0.25, 0.3) is 0 Å². The summed E-state index contributed by atoms with van der Waals surface area (Å²) in [6.45, 7) is 4.06. The minimum Gasteiger partial charge on any atom is -0.323 e. The average molecular weight is 258 g/mol. The minimum atomic E-state index is 0.000762. The molecule has 0 bridgehead atoms. The van der Waals surface area contributed by atoms with Crippen LogP contribution in [0.5, 0.6) is 0 Å². The molecule has 2 N–H and O–H groups in total. The normalized spacial score (nSPS) is 12.4. The second-order valence-corrected chi connectivity index (χ2v) is 5.53. The number of rotatable bonds is 4. The van der Waals surface area contributed by atoms with Crippen molar-refractivity contribution in [1.29, 1.82) is 0 Å². The molecule has 0 aliphatic carbocycles. The van der Waals surface area contributed by atoms with E-state index in [1.807, 2.05) is 19.2 Å². The van der Waals surface area contributed by atoms with Crippen LogP contribution in [-0.4, -0.2) is 4.98 Å². The Morgan fingerprint density at radius 1 is 1.28 bits per heavy atom. The van der Waals surface area contributed by atoms with Crippen LogP contribution < -0.4 is 5.73 Å². The zero-order valence-corrected chi connectivity index (χ0v) is 11.6. The summed E-state index contributed by atoms with van der Waals surface area (Å²) in [6.07, 6.45) is 1.90. The van der Waals surface area contributed by atoms with Crippen molar-refractivity contribution in [2.24, 2.45) is 5.73 Å². The molecule has 94 valence electrons. The monoisotopic (exact) mass is 258 g/mol. The Morgan fingerprint density at radius 3 is 2.72 bits per heavy atom. The number of nitrogens with zero attached hydrogens (tertiary/aromatic N) is 1. The molecule has 1 unspecified atom stereocenters. The number of pyridine rings is 1. The molecule has 0 fully saturated rings. The van der Waals surface area contributed by atoms with Crippen LogP contribution in [0.15, 0.2) is 47.5 Å². The van der Waals surface area contributed by atoms with Crippen molar-refractivity contribution in [2.45, 2.75) is 30.5 Å². The number of nitrogens with two attached hydrogens (primary N) is 1. The van der Waals surface area contributed by atoms with Crippen molar-refractivity contribution >= 4 is 11.8 Å². The van der Waals surface area contributed by atoms with Crippen LogP contribution in [-0.2, 0) is 5.75 Å². The molecule has 2 aromatic rings. The highest BCUT2D eigenvalue weighted by molar-refractivity contribution is 7.98. The van der Waals surface area contributed by atoms with Gasteiger partial charge in [-0.05, 0) is 31.5 Å². The van der Waals surface area contributed by atoms with Crippen molar-refractivity contribution in [3.63, 3.8) is 0 Å². The molecule has 0 saturated heterocycles. The van der Waals surface area contributed by atoms with E-state index in [0.29, 0.717) is 0 Å². The zero-order valence-electron chi connectivity index (χ0n) is 10.8. The van der Waals surface area contributed by atoms with E-state index in [9.17, 15) is 0 Å². The first-order chi connectivity index (χ1) is 8.65. The maximum absolute atomic E-state index is 5.78. The van der Waals surface area contributed by atoms with Crippen molar-refractivity contribution < 1.29 is 0 Å². The van der Waals surface area contributed by atoms with Gasteiger partial charge in [-0.2, -0.15) is 0 Å². The first-order valence-corrected chi connectivity index (χ1v) is 7.03. The molecule has 18 heavy (non-hydrogen) atoms. The summed E-state index contributed by atoms with van der Waals surface area (Å²) < 4.78 is 0. The maximum Gasteiger partial charge on any atom is 0.0569 e. The van der Waals surface area contributed by atoms with Gasteiger partial charge in [0.05, 0.1) is 5.69 Å². The van der Waals surface area contributed by atoms with Crippen LogP contribution in [0.2, 0.25) is 0 Å². The number of thioether (sulfide) groups is 1. The van der Waals surface area contributed by atoms with E-state index in [4.69, 9.17) is 5.73 Å². The van der Waals surface area contributed by atoms with E-state index in [2.05, 4.69) is 42.2 Å². The Morgan fingerprint density at radius 2 is 2.11 bits per heavy atom. The topological polar surface area (TPSA) is 38.9 Å². The standard InChI is InChI=1S/C15H18N2S/c1-11-4-3-5-13(8-11)10-18-14-6-7-15(12(2)16)17-9-14/h3-9,12H,10,16H2,1-2H3. The fourth-order valence-corrected chi connectivity index (χ4v) is 2.52. The molecular weight excluding hydrogens is 240 g/mol. The number of benzene rings is 1. The first kappa shape index (κ1) is 13.1. The van der Waals surface area contributed by atoms with Gasteiger partial charge < -0.3 is 5.73 Å². The summed E-state index contributed by atoms with van der Waals surface area (Å²) in [5.41, 5.74) is 9.36. The van der Waals surface area contributed by atoms with Gasteiger partial charge in [-0.1, -0.05) is 29.8 Å². The summed E-state index contributed by atoms with van der Waals surface area (Å²) in [5.74, 6) is 0.973. The van der Waals surface area contributed by atoms with E-state index >= 15 is 0 Å². The Hall–Kier alpha value is -1.32. The van der Waals surface area contributed by atoms with Crippen molar-refractivity contribution in [1.82, 2.24) is 4.98 Å². The summed E-state index contributed by atoms with van der Waals surface area (Å²) >= 11 is 1.80. The molecule has 0 amide bonds. The first-order valence-electron chi connectivity index (χ1n) is 6.05. The van der Waals surface area contributed by atoms with Crippen LogP contribution in [0.4, 0.5) is 0 Å². The second kappa shape index (κ2) is 6.03. The van der Waals surface area contributed by atoms with Gasteiger partial charge in [-0.3, -0.25) is 4.98 Å². The van der Waals surface area contributed by atoms with E-state index < -0.39 is 0 Å². The predicted octanol–water partition coefficient (Wildman–Crippen LogP) is 3.70. The van der Waals surface area contributed by atoms with Gasteiger partial charge in [0.25, 0.3) is 0 Å². The molecule has 0 spiro atoms. The highest BCUT2D eigenvalue weighted by atomic mass is 32.2. The van der Waals surface area contributed by atoms with Crippen LogP contribution in [0.3, 0.4) is 0 Å². The van der Waals surface area contributed by atoms with Gasteiger partial charge in [0.15, 0.2) is 0 Å². The molecule has 2 nitrogen and oxygen atoms in total. The lowest BCUT2D eigenvalue weighted by atomic mass is 10.2. The molecule has 3 heteroatoms. The number of hydrogen-bond acceptors (Lipinski definition) is 3. The van der Waals surface area contributed by atoms with Gasteiger partial charge in [-0.15, -0.1) is 11.8 Å². The fraction of sp³-hybridized carbons (Fsp3) is 0.267.